The number of rotatable bonds is 4. The standard InChI is InChI=1S/C13H22N4O2/c1-9(2)10-6-4-5-7-11(10)14-13-12(17(18)19)8-16(3)15-13/h8-11H,4-7H2,1-3H3,(H,14,15). The number of nitro groups is 1. The average Bonchev–Trinajstić information content (AvgIpc) is 2.71. The normalized spacial score (nSPS) is 23.6. The molecular formula is C13H22N4O2. The van der Waals surface area contributed by atoms with Crippen LogP contribution in [0.2, 0.25) is 0 Å². The molecular weight excluding hydrogens is 244 g/mol. The van der Waals surface area contributed by atoms with Crippen molar-refractivity contribution in [3.8, 4) is 0 Å². The van der Waals surface area contributed by atoms with E-state index in [1.807, 2.05) is 0 Å². The minimum atomic E-state index is -0.372. The first-order valence-corrected chi connectivity index (χ1v) is 6.93. The number of nitrogens with one attached hydrogen (secondary N) is 1. The molecule has 0 aliphatic heterocycles. The number of hydrogen-bond acceptors (Lipinski definition) is 4. The third kappa shape index (κ3) is 3.05. The molecule has 1 N–H and O–H groups in total. The molecule has 1 heterocycles. The van der Waals surface area contributed by atoms with Gasteiger partial charge in [-0.1, -0.05) is 26.7 Å². The smallest absolute Gasteiger partial charge is 0.330 e. The summed E-state index contributed by atoms with van der Waals surface area (Å²) in [4.78, 5) is 10.6. The van der Waals surface area contributed by atoms with Crippen LogP contribution in [0.25, 0.3) is 0 Å². The van der Waals surface area contributed by atoms with Crippen LogP contribution in [0.3, 0.4) is 0 Å². The van der Waals surface area contributed by atoms with Crippen LogP contribution in [0.4, 0.5) is 11.5 Å². The zero-order chi connectivity index (χ0) is 14.0. The Balaban J connectivity index is 2.17. The molecule has 0 bridgehead atoms. The first kappa shape index (κ1) is 13.8. The van der Waals surface area contributed by atoms with Gasteiger partial charge in [-0.3, -0.25) is 14.8 Å². The molecule has 0 aromatic carbocycles. The molecule has 0 spiro atoms. The Hall–Kier alpha value is -1.59. The van der Waals surface area contributed by atoms with E-state index in [4.69, 9.17) is 0 Å². The summed E-state index contributed by atoms with van der Waals surface area (Å²) in [6.45, 7) is 4.44. The van der Waals surface area contributed by atoms with Crippen LogP contribution in [0.5, 0.6) is 0 Å². The van der Waals surface area contributed by atoms with Gasteiger partial charge < -0.3 is 5.32 Å². The molecule has 0 amide bonds. The number of anilines is 1. The highest BCUT2D eigenvalue weighted by molar-refractivity contribution is 5.55. The Kier molecular flexibility index (Phi) is 4.07. The van der Waals surface area contributed by atoms with Crippen molar-refractivity contribution in [1.82, 2.24) is 9.78 Å². The fourth-order valence-electron chi connectivity index (χ4n) is 3.02. The topological polar surface area (TPSA) is 73.0 Å². The molecule has 1 saturated carbocycles. The first-order valence-electron chi connectivity index (χ1n) is 6.93. The fourth-order valence-corrected chi connectivity index (χ4v) is 3.02. The fraction of sp³-hybridized carbons (Fsp3) is 0.769. The van der Waals surface area contributed by atoms with E-state index in [0.717, 1.165) is 6.42 Å². The van der Waals surface area contributed by atoms with Crippen molar-refractivity contribution >= 4 is 11.5 Å². The Labute approximate surface area is 113 Å². The van der Waals surface area contributed by atoms with E-state index >= 15 is 0 Å². The van der Waals surface area contributed by atoms with E-state index < -0.39 is 0 Å². The minimum absolute atomic E-state index is 0.0654. The predicted molar refractivity (Wildman–Crippen MR) is 74.1 cm³/mol. The largest absolute Gasteiger partial charge is 0.360 e. The zero-order valence-electron chi connectivity index (χ0n) is 11.8. The maximum absolute atomic E-state index is 11.0. The van der Waals surface area contributed by atoms with Crippen LogP contribution in [0.1, 0.15) is 39.5 Å². The molecule has 0 saturated heterocycles. The molecule has 1 aromatic rings. The zero-order valence-corrected chi connectivity index (χ0v) is 11.8. The highest BCUT2D eigenvalue weighted by Crippen LogP contribution is 2.33. The summed E-state index contributed by atoms with van der Waals surface area (Å²) in [5, 5.41) is 18.5. The van der Waals surface area contributed by atoms with Gasteiger partial charge in [-0.2, -0.15) is 0 Å². The SMILES string of the molecule is CC(C)C1CCCCC1Nc1nn(C)cc1[N+](=O)[O-]. The lowest BCUT2D eigenvalue weighted by atomic mass is 9.78. The number of aryl methyl sites for hydroxylation is 1. The molecule has 106 valence electrons. The third-order valence-electron chi connectivity index (χ3n) is 4.00. The van der Waals surface area contributed by atoms with Crippen LogP contribution < -0.4 is 5.32 Å². The lowest BCUT2D eigenvalue weighted by Gasteiger charge is -2.34. The van der Waals surface area contributed by atoms with Gasteiger partial charge >= 0.3 is 5.69 Å². The van der Waals surface area contributed by atoms with Crippen LogP contribution >= 0.6 is 0 Å². The highest BCUT2D eigenvalue weighted by Gasteiger charge is 2.30. The average molecular weight is 266 g/mol. The lowest BCUT2D eigenvalue weighted by molar-refractivity contribution is -0.384. The van der Waals surface area contributed by atoms with Crippen LogP contribution in [0, 0.1) is 22.0 Å². The Morgan fingerprint density at radius 2 is 2.16 bits per heavy atom. The molecule has 0 radical (unpaired) electrons. The number of aromatic nitrogens is 2. The van der Waals surface area contributed by atoms with Crippen molar-refractivity contribution in [3.63, 3.8) is 0 Å². The number of nitrogens with zero attached hydrogens (tertiary/aromatic N) is 3. The van der Waals surface area contributed by atoms with Gasteiger partial charge in [0.2, 0.25) is 5.82 Å². The second-order valence-electron chi connectivity index (χ2n) is 5.74. The van der Waals surface area contributed by atoms with Gasteiger partial charge in [-0.25, -0.2) is 0 Å². The molecule has 6 heteroatoms. The van der Waals surface area contributed by atoms with E-state index in [1.54, 1.807) is 7.05 Å². The van der Waals surface area contributed by atoms with Gasteiger partial charge in [0.05, 0.1) is 4.92 Å². The van der Waals surface area contributed by atoms with Crippen LogP contribution in [-0.4, -0.2) is 20.7 Å². The molecule has 1 aliphatic rings. The van der Waals surface area contributed by atoms with Crippen molar-refractivity contribution in [2.75, 3.05) is 5.32 Å². The Morgan fingerprint density at radius 1 is 1.47 bits per heavy atom. The van der Waals surface area contributed by atoms with Gasteiger partial charge in [0, 0.05) is 13.1 Å². The molecule has 1 aromatic heterocycles. The summed E-state index contributed by atoms with van der Waals surface area (Å²) in [6.07, 6.45) is 6.15. The van der Waals surface area contributed by atoms with E-state index in [2.05, 4.69) is 24.3 Å². The molecule has 2 atom stereocenters. The van der Waals surface area contributed by atoms with E-state index in [1.165, 1.54) is 30.1 Å². The van der Waals surface area contributed by atoms with Crippen LogP contribution in [-0.2, 0) is 7.05 Å². The quantitative estimate of drug-likeness (QED) is 0.671. The molecule has 19 heavy (non-hydrogen) atoms. The lowest BCUT2D eigenvalue weighted by Crippen LogP contribution is -2.35. The Bertz CT molecular complexity index is 455. The van der Waals surface area contributed by atoms with Crippen molar-refractivity contribution in [1.29, 1.82) is 0 Å². The van der Waals surface area contributed by atoms with Gasteiger partial charge in [0.15, 0.2) is 0 Å². The maximum Gasteiger partial charge on any atom is 0.330 e. The third-order valence-corrected chi connectivity index (χ3v) is 4.00. The second kappa shape index (κ2) is 5.59. The molecule has 2 unspecified atom stereocenters. The van der Waals surface area contributed by atoms with E-state index in [0.29, 0.717) is 23.7 Å². The van der Waals surface area contributed by atoms with Gasteiger partial charge in [-0.15, -0.1) is 5.10 Å². The summed E-state index contributed by atoms with van der Waals surface area (Å²) >= 11 is 0. The molecule has 2 rings (SSSR count). The Morgan fingerprint density at radius 3 is 2.79 bits per heavy atom. The molecule has 6 nitrogen and oxygen atoms in total. The van der Waals surface area contributed by atoms with Gasteiger partial charge in [0.25, 0.3) is 0 Å². The first-order chi connectivity index (χ1) is 8.99. The van der Waals surface area contributed by atoms with Crippen molar-refractivity contribution in [3.05, 3.63) is 16.3 Å². The molecule has 1 fully saturated rings. The highest BCUT2D eigenvalue weighted by atomic mass is 16.6. The summed E-state index contributed by atoms with van der Waals surface area (Å²) in [7, 11) is 1.71. The predicted octanol–water partition coefficient (Wildman–Crippen LogP) is 2.96. The summed E-state index contributed by atoms with van der Waals surface area (Å²) in [5.41, 5.74) is 0.0654. The summed E-state index contributed by atoms with van der Waals surface area (Å²) in [5.74, 6) is 1.56. The van der Waals surface area contributed by atoms with Crippen molar-refractivity contribution < 1.29 is 4.92 Å². The van der Waals surface area contributed by atoms with Gasteiger partial charge in [-0.05, 0) is 24.7 Å². The number of hydrogen-bond donors (Lipinski definition) is 1. The van der Waals surface area contributed by atoms with E-state index in [-0.39, 0.29) is 10.6 Å². The van der Waals surface area contributed by atoms with Crippen LogP contribution in [0.15, 0.2) is 6.20 Å². The monoisotopic (exact) mass is 266 g/mol. The molecule has 1 aliphatic carbocycles. The minimum Gasteiger partial charge on any atom is -0.360 e. The van der Waals surface area contributed by atoms with E-state index in [9.17, 15) is 10.1 Å². The van der Waals surface area contributed by atoms with Gasteiger partial charge in [0.1, 0.15) is 6.20 Å². The summed E-state index contributed by atoms with van der Waals surface area (Å²) < 4.78 is 1.49. The van der Waals surface area contributed by atoms with Crippen molar-refractivity contribution in [2.24, 2.45) is 18.9 Å². The second-order valence-corrected chi connectivity index (χ2v) is 5.74. The summed E-state index contributed by atoms with van der Waals surface area (Å²) in [6, 6.07) is 0.294. The maximum atomic E-state index is 11.0. The van der Waals surface area contributed by atoms with Crippen molar-refractivity contribution in [2.45, 2.75) is 45.6 Å².